The van der Waals surface area contributed by atoms with E-state index in [9.17, 15) is 14.7 Å². The molecule has 1 unspecified atom stereocenters. The highest BCUT2D eigenvalue weighted by Crippen LogP contribution is 2.61. The fourth-order valence-electron chi connectivity index (χ4n) is 2.88. The van der Waals surface area contributed by atoms with Crippen LogP contribution in [0.2, 0.25) is 0 Å². The Morgan fingerprint density at radius 3 is 2.41 bits per heavy atom. The molecule has 1 atom stereocenters. The molecule has 0 aliphatic carbocycles. The first-order valence-electron chi connectivity index (χ1n) is 9.13. The Morgan fingerprint density at radius 1 is 1.17 bits per heavy atom. The Labute approximate surface area is 172 Å². The number of nitrogens with one attached hydrogen (secondary N) is 1. The van der Waals surface area contributed by atoms with Gasteiger partial charge in [-0.3, -0.25) is 14.7 Å². The molecule has 0 aliphatic heterocycles. The van der Waals surface area contributed by atoms with Crippen LogP contribution in [-0.4, -0.2) is 23.1 Å². The number of anilines is 1. The number of nitrogens with zero attached hydrogens (tertiary/aromatic N) is 2. The lowest BCUT2D eigenvalue weighted by atomic mass is 10.2. The van der Waals surface area contributed by atoms with E-state index in [1.165, 1.54) is 23.5 Å². The quantitative estimate of drug-likeness (QED) is 0.254. The predicted octanol–water partition coefficient (Wildman–Crippen LogP) is 5.89. The first-order chi connectivity index (χ1) is 13.9. The molecule has 0 saturated carbocycles. The van der Waals surface area contributed by atoms with Crippen molar-refractivity contribution < 1.29 is 18.5 Å². The monoisotopic (exact) mass is 435 g/mol. The number of hydrogen-bond donors (Lipinski definition) is 1. The predicted molar refractivity (Wildman–Crippen MR) is 115 cm³/mol. The fraction of sp³-hybridized carbons (Fsp3) is 0.316. The molecule has 0 saturated heterocycles. The van der Waals surface area contributed by atoms with Crippen LogP contribution in [-0.2, 0) is 13.6 Å². The molecule has 29 heavy (non-hydrogen) atoms. The van der Waals surface area contributed by atoms with Crippen molar-refractivity contribution in [3.05, 3.63) is 63.7 Å². The maximum atomic E-state index is 13.5. The second kappa shape index (κ2) is 9.00. The number of hydrogen-bond acceptors (Lipinski definition) is 8. The topological polar surface area (TPSA) is 104 Å². The van der Waals surface area contributed by atoms with Crippen LogP contribution in [0.15, 0.2) is 42.5 Å². The van der Waals surface area contributed by atoms with Crippen LogP contribution in [0, 0.1) is 17.0 Å². The smallest absolute Gasteiger partial charge is 0.344 e. The molecule has 0 amide bonds. The highest BCUT2D eigenvalue weighted by atomic mass is 32.1. The van der Waals surface area contributed by atoms with Crippen molar-refractivity contribution in [2.24, 2.45) is 0 Å². The van der Waals surface area contributed by atoms with Gasteiger partial charge in [0.25, 0.3) is 5.69 Å². The van der Waals surface area contributed by atoms with Crippen LogP contribution >= 0.6 is 18.9 Å². The number of aryl methyl sites for hydroxylation is 1. The van der Waals surface area contributed by atoms with Crippen molar-refractivity contribution in [3.63, 3.8) is 0 Å². The van der Waals surface area contributed by atoms with Crippen molar-refractivity contribution in [1.82, 2.24) is 4.98 Å². The number of thiazole rings is 1. The number of fused-ring (bicyclic) bond motifs is 1. The first kappa shape index (κ1) is 21.4. The third-order valence-corrected chi connectivity index (χ3v) is 7.40. The molecule has 2 aromatic carbocycles. The van der Waals surface area contributed by atoms with Gasteiger partial charge in [0.2, 0.25) is 0 Å². The van der Waals surface area contributed by atoms with E-state index in [0.717, 1.165) is 15.8 Å². The van der Waals surface area contributed by atoms with Gasteiger partial charge in [-0.1, -0.05) is 17.4 Å². The highest BCUT2D eigenvalue weighted by molar-refractivity contribution is 7.54. The van der Waals surface area contributed by atoms with Crippen LogP contribution < -0.4 is 5.32 Å². The number of nitro groups is 1. The molecule has 0 aliphatic rings. The number of rotatable bonds is 9. The van der Waals surface area contributed by atoms with Crippen molar-refractivity contribution in [2.45, 2.75) is 26.6 Å². The number of aromatic nitrogens is 1. The lowest BCUT2D eigenvalue weighted by Crippen LogP contribution is -2.15. The minimum absolute atomic E-state index is 0.0504. The average molecular weight is 435 g/mol. The van der Waals surface area contributed by atoms with E-state index in [4.69, 9.17) is 9.05 Å². The van der Waals surface area contributed by atoms with Gasteiger partial charge in [-0.2, -0.15) is 0 Å². The maximum Gasteiger partial charge on any atom is 0.357 e. The van der Waals surface area contributed by atoms with E-state index in [2.05, 4.69) is 10.3 Å². The van der Waals surface area contributed by atoms with Gasteiger partial charge in [0.1, 0.15) is 0 Å². The maximum absolute atomic E-state index is 13.5. The number of benzene rings is 2. The Balaban J connectivity index is 2.02. The van der Waals surface area contributed by atoms with Crippen molar-refractivity contribution >= 4 is 40.0 Å². The zero-order valence-corrected chi connectivity index (χ0v) is 18.0. The summed E-state index contributed by atoms with van der Waals surface area (Å²) in [4.78, 5) is 15.1. The molecular formula is C19H22N3O5PS. The van der Waals surface area contributed by atoms with E-state index in [-0.39, 0.29) is 18.9 Å². The molecule has 3 rings (SSSR count). The van der Waals surface area contributed by atoms with E-state index in [1.807, 2.05) is 25.1 Å². The second-order valence-electron chi connectivity index (χ2n) is 6.26. The summed E-state index contributed by atoms with van der Waals surface area (Å²) in [5, 5.41) is 14.7. The molecule has 10 heteroatoms. The van der Waals surface area contributed by atoms with Gasteiger partial charge < -0.3 is 14.4 Å². The van der Waals surface area contributed by atoms with Crippen LogP contribution in [0.5, 0.6) is 0 Å². The summed E-state index contributed by atoms with van der Waals surface area (Å²) in [6.45, 7) is 5.87. The lowest BCUT2D eigenvalue weighted by molar-refractivity contribution is -0.384. The molecule has 0 fully saturated rings. The van der Waals surface area contributed by atoms with E-state index in [1.54, 1.807) is 26.0 Å². The lowest BCUT2D eigenvalue weighted by Gasteiger charge is -2.27. The van der Waals surface area contributed by atoms with Gasteiger partial charge in [-0.05, 0) is 56.2 Å². The molecule has 8 nitrogen and oxygen atoms in total. The van der Waals surface area contributed by atoms with E-state index < -0.39 is 18.3 Å². The Hall–Kier alpha value is -2.32. The minimum Gasteiger partial charge on any atom is -0.344 e. The van der Waals surface area contributed by atoms with Crippen LogP contribution in [0.1, 0.15) is 30.8 Å². The first-order valence-corrected chi connectivity index (χ1v) is 11.6. The van der Waals surface area contributed by atoms with Gasteiger partial charge in [-0.15, -0.1) is 0 Å². The van der Waals surface area contributed by atoms with Crippen LogP contribution in [0.25, 0.3) is 10.2 Å². The van der Waals surface area contributed by atoms with Gasteiger partial charge in [0.05, 0.1) is 28.4 Å². The van der Waals surface area contributed by atoms with Crippen molar-refractivity contribution in [3.8, 4) is 0 Å². The summed E-state index contributed by atoms with van der Waals surface area (Å²) < 4.78 is 25.6. The molecule has 0 spiro atoms. The fourth-order valence-corrected chi connectivity index (χ4v) is 5.87. The third-order valence-electron chi connectivity index (χ3n) is 4.16. The van der Waals surface area contributed by atoms with Crippen LogP contribution in [0.4, 0.5) is 10.8 Å². The van der Waals surface area contributed by atoms with Gasteiger partial charge in [0.15, 0.2) is 10.9 Å². The Kier molecular flexibility index (Phi) is 6.64. The number of nitro benzene ring substituents is 1. The molecule has 0 bridgehead atoms. The third kappa shape index (κ3) is 4.82. The van der Waals surface area contributed by atoms with Gasteiger partial charge in [0, 0.05) is 12.1 Å². The van der Waals surface area contributed by atoms with Crippen LogP contribution in [0.3, 0.4) is 0 Å². The largest absolute Gasteiger partial charge is 0.357 e. The summed E-state index contributed by atoms with van der Waals surface area (Å²) in [6.07, 6.45) is 0. The SMILES string of the molecule is CCOP(=O)(OCC)C(Nc1nc2ccc(C)cc2s1)c1ccc([N+](=O)[O-])cc1. The second-order valence-corrected chi connectivity index (χ2v) is 9.40. The summed E-state index contributed by atoms with van der Waals surface area (Å²) >= 11 is 1.43. The summed E-state index contributed by atoms with van der Waals surface area (Å²) in [5.41, 5.74) is 2.45. The molecule has 3 aromatic rings. The van der Waals surface area contributed by atoms with Crippen molar-refractivity contribution in [1.29, 1.82) is 0 Å². The Bertz CT molecular complexity index is 1040. The van der Waals surface area contributed by atoms with E-state index >= 15 is 0 Å². The minimum atomic E-state index is -3.62. The number of non-ortho nitro benzene ring substituents is 1. The zero-order chi connectivity index (χ0) is 21.0. The normalized spacial score (nSPS) is 12.8. The van der Waals surface area contributed by atoms with Gasteiger partial charge in [-0.25, -0.2) is 4.98 Å². The summed E-state index contributed by atoms with van der Waals surface area (Å²) in [5.74, 6) is -0.857. The molecule has 0 radical (unpaired) electrons. The van der Waals surface area contributed by atoms with Gasteiger partial charge >= 0.3 is 7.60 Å². The summed E-state index contributed by atoms with van der Waals surface area (Å²) in [7, 11) is -3.62. The Morgan fingerprint density at radius 2 is 1.83 bits per heavy atom. The summed E-state index contributed by atoms with van der Waals surface area (Å²) in [6, 6.07) is 11.8. The molecular weight excluding hydrogens is 413 g/mol. The van der Waals surface area contributed by atoms with E-state index in [0.29, 0.717) is 10.7 Å². The molecule has 1 heterocycles. The molecule has 1 aromatic heterocycles. The molecule has 154 valence electrons. The zero-order valence-electron chi connectivity index (χ0n) is 16.3. The standard InChI is InChI=1S/C19H22N3O5PS/c1-4-26-28(25,27-5-2)18(14-7-9-15(10-8-14)22(23)24)21-19-20-16-11-6-13(3)12-17(16)29-19/h6-12,18H,4-5H2,1-3H3,(H,20,21). The average Bonchev–Trinajstić information content (AvgIpc) is 3.08. The van der Waals surface area contributed by atoms with Crippen molar-refractivity contribution in [2.75, 3.05) is 18.5 Å². The highest BCUT2D eigenvalue weighted by Gasteiger charge is 2.38. The molecule has 1 N–H and O–H groups in total.